The van der Waals surface area contributed by atoms with Gasteiger partial charge in [-0.2, -0.15) is 0 Å². The normalized spacial score (nSPS) is 16.8. The predicted octanol–water partition coefficient (Wildman–Crippen LogP) is 3.12. The van der Waals surface area contributed by atoms with Crippen molar-refractivity contribution >= 4 is 16.9 Å². The summed E-state index contributed by atoms with van der Waals surface area (Å²) in [5.74, 6) is -0.843. The van der Waals surface area contributed by atoms with Crippen molar-refractivity contribution in [3.05, 3.63) is 62.2 Å². The third kappa shape index (κ3) is 3.05. The number of hydrogen-bond acceptors (Lipinski definition) is 6. The highest BCUT2D eigenvalue weighted by Gasteiger charge is 2.35. The van der Waals surface area contributed by atoms with Crippen molar-refractivity contribution in [1.82, 2.24) is 14.9 Å². The molecule has 4 heterocycles. The van der Waals surface area contributed by atoms with Crippen LogP contribution in [0.4, 0.5) is 4.39 Å². The van der Waals surface area contributed by atoms with Crippen LogP contribution >= 0.6 is 0 Å². The summed E-state index contributed by atoms with van der Waals surface area (Å²) in [5.41, 5.74) is 4.95. The van der Waals surface area contributed by atoms with Gasteiger partial charge in [0.15, 0.2) is 6.10 Å². The summed E-state index contributed by atoms with van der Waals surface area (Å²) in [6.45, 7) is 6.70. The van der Waals surface area contributed by atoms with Crippen LogP contribution in [-0.4, -0.2) is 28.7 Å². The molecule has 0 saturated carbocycles. The van der Waals surface area contributed by atoms with E-state index < -0.39 is 12.1 Å². The lowest BCUT2D eigenvalue weighted by molar-refractivity contribution is -0.159. The number of cyclic esters (lactones) is 1. The first-order chi connectivity index (χ1) is 15.3. The van der Waals surface area contributed by atoms with Gasteiger partial charge in [0, 0.05) is 42.3 Å². The molecule has 0 aliphatic carbocycles. The zero-order valence-electron chi connectivity index (χ0n) is 18.4. The predicted molar refractivity (Wildman–Crippen MR) is 117 cm³/mol. The maximum absolute atomic E-state index is 14.4. The van der Waals surface area contributed by atoms with Crippen LogP contribution in [0.25, 0.3) is 22.3 Å². The first-order valence-corrected chi connectivity index (χ1v) is 10.6. The average Bonchev–Trinajstić information content (AvgIpc) is 3.11. The third-order valence-corrected chi connectivity index (χ3v) is 6.26. The standard InChI is InChI=1S/C24H24FN3O4/c1-11(2)26-8-15-13-5-12(3)18(25)7-19(13)27-21-16(15)9-28-20(21)6-14-17(23(28)29)10-32-24(30)22(14)31-4/h5-7,11,22,26H,8-10H2,1-4H3. The molecule has 0 saturated heterocycles. The van der Waals surface area contributed by atoms with Gasteiger partial charge in [-0.05, 0) is 30.2 Å². The molecule has 2 aliphatic heterocycles. The second kappa shape index (κ2) is 7.50. The SMILES string of the molecule is COC1C(=O)OCc2c1cc1n(c2=O)Cc2c-1nc1cc(F)c(C)cc1c2CNC(C)C. The Labute approximate surface area is 184 Å². The summed E-state index contributed by atoms with van der Waals surface area (Å²) in [6, 6.07) is 5.30. The number of ether oxygens (including phenoxy) is 2. The van der Waals surface area contributed by atoms with Crippen LogP contribution in [0, 0.1) is 12.7 Å². The number of benzene rings is 1. The van der Waals surface area contributed by atoms with Crippen molar-refractivity contribution in [1.29, 1.82) is 0 Å². The fourth-order valence-electron chi connectivity index (χ4n) is 4.56. The van der Waals surface area contributed by atoms with Crippen LogP contribution < -0.4 is 10.9 Å². The molecule has 2 aliphatic rings. The van der Waals surface area contributed by atoms with E-state index in [2.05, 4.69) is 19.2 Å². The van der Waals surface area contributed by atoms with Crippen molar-refractivity contribution in [2.24, 2.45) is 0 Å². The Morgan fingerprint density at radius 1 is 1.28 bits per heavy atom. The molecule has 5 rings (SSSR count). The highest BCUT2D eigenvalue weighted by Crippen LogP contribution is 2.38. The van der Waals surface area contributed by atoms with Gasteiger partial charge in [-0.1, -0.05) is 13.8 Å². The molecule has 2 aromatic heterocycles. The lowest BCUT2D eigenvalue weighted by Gasteiger charge is -2.24. The van der Waals surface area contributed by atoms with Gasteiger partial charge < -0.3 is 19.4 Å². The van der Waals surface area contributed by atoms with E-state index in [0.717, 1.165) is 16.5 Å². The Bertz CT molecular complexity index is 1350. The molecule has 0 amide bonds. The molecule has 166 valence electrons. The fraction of sp³-hybridized carbons (Fsp3) is 0.375. The molecule has 32 heavy (non-hydrogen) atoms. The van der Waals surface area contributed by atoms with Gasteiger partial charge >= 0.3 is 5.97 Å². The summed E-state index contributed by atoms with van der Waals surface area (Å²) in [6.07, 6.45) is -0.955. The first kappa shape index (κ1) is 20.8. The number of fused-ring (bicyclic) bond motifs is 5. The van der Waals surface area contributed by atoms with Crippen molar-refractivity contribution in [2.75, 3.05) is 7.11 Å². The number of nitrogens with one attached hydrogen (secondary N) is 1. The van der Waals surface area contributed by atoms with Gasteiger partial charge in [-0.15, -0.1) is 0 Å². The number of carbonyl (C=O) groups excluding carboxylic acids is 1. The second-order valence-electron chi connectivity index (χ2n) is 8.65. The first-order valence-electron chi connectivity index (χ1n) is 10.6. The summed E-state index contributed by atoms with van der Waals surface area (Å²) >= 11 is 0. The van der Waals surface area contributed by atoms with Gasteiger partial charge in [0.1, 0.15) is 12.4 Å². The van der Waals surface area contributed by atoms with Crippen LogP contribution in [0.1, 0.15) is 47.8 Å². The maximum Gasteiger partial charge on any atom is 0.340 e. The van der Waals surface area contributed by atoms with E-state index in [4.69, 9.17) is 14.5 Å². The number of halogens is 1. The lowest BCUT2D eigenvalue weighted by atomic mass is 9.97. The van der Waals surface area contributed by atoms with E-state index in [9.17, 15) is 14.0 Å². The van der Waals surface area contributed by atoms with E-state index in [1.54, 1.807) is 17.6 Å². The average molecular weight is 437 g/mol. The molecule has 1 aromatic carbocycles. The molecular weight excluding hydrogens is 413 g/mol. The highest BCUT2D eigenvalue weighted by molar-refractivity contribution is 5.89. The number of aromatic nitrogens is 2. The fourth-order valence-corrected chi connectivity index (χ4v) is 4.56. The Morgan fingerprint density at radius 3 is 2.78 bits per heavy atom. The van der Waals surface area contributed by atoms with E-state index in [0.29, 0.717) is 46.7 Å². The Kier molecular flexibility index (Phi) is 4.87. The summed E-state index contributed by atoms with van der Waals surface area (Å²) in [4.78, 5) is 30.3. The lowest BCUT2D eigenvalue weighted by Crippen LogP contribution is -2.33. The number of aryl methyl sites for hydroxylation is 1. The minimum Gasteiger partial charge on any atom is -0.458 e. The smallest absolute Gasteiger partial charge is 0.340 e. The van der Waals surface area contributed by atoms with Crippen molar-refractivity contribution in [2.45, 2.75) is 52.6 Å². The number of nitrogens with zero attached hydrogens (tertiary/aromatic N) is 2. The van der Waals surface area contributed by atoms with E-state index >= 15 is 0 Å². The largest absolute Gasteiger partial charge is 0.458 e. The highest BCUT2D eigenvalue weighted by atomic mass is 19.1. The monoisotopic (exact) mass is 437 g/mol. The number of methoxy groups -OCH3 is 1. The zero-order valence-corrected chi connectivity index (χ0v) is 18.4. The molecule has 1 N–H and O–H groups in total. The number of rotatable bonds is 4. The Hall–Kier alpha value is -3.10. The van der Waals surface area contributed by atoms with Crippen LogP contribution in [0.2, 0.25) is 0 Å². The minimum absolute atomic E-state index is 0.0783. The van der Waals surface area contributed by atoms with Crippen LogP contribution in [0.5, 0.6) is 0 Å². The Morgan fingerprint density at radius 2 is 2.06 bits per heavy atom. The topological polar surface area (TPSA) is 82.5 Å². The number of carbonyl (C=O) groups is 1. The Balaban J connectivity index is 1.78. The van der Waals surface area contributed by atoms with Crippen LogP contribution in [0.3, 0.4) is 0 Å². The summed E-state index contributed by atoms with van der Waals surface area (Å²) in [7, 11) is 1.41. The third-order valence-electron chi connectivity index (χ3n) is 6.26. The van der Waals surface area contributed by atoms with E-state index in [1.807, 2.05) is 6.07 Å². The van der Waals surface area contributed by atoms with E-state index in [1.165, 1.54) is 13.2 Å². The number of hydrogen-bond donors (Lipinski definition) is 1. The molecule has 0 bridgehead atoms. The second-order valence-corrected chi connectivity index (χ2v) is 8.65. The molecule has 1 unspecified atom stereocenters. The van der Waals surface area contributed by atoms with Gasteiger partial charge in [-0.3, -0.25) is 4.79 Å². The number of esters is 1. The molecule has 7 nitrogen and oxygen atoms in total. The molecule has 0 fully saturated rings. The minimum atomic E-state index is -0.955. The maximum atomic E-state index is 14.4. The van der Waals surface area contributed by atoms with Gasteiger partial charge in [0.2, 0.25) is 0 Å². The van der Waals surface area contributed by atoms with Gasteiger partial charge in [0.05, 0.1) is 29.0 Å². The quantitative estimate of drug-likeness (QED) is 0.494. The van der Waals surface area contributed by atoms with Crippen molar-refractivity contribution < 1.29 is 18.7 Å². The zero-order chi connectivity index (χ0) is 22.7. The molecule has 8 heteroatoms. The molecule has 1 atom stereocenters. The molecule has 3 aromatic rings. The van der Waals surface area contributed by atoms with Crippen molar-refractivity contribution in [3.8, 4) is 11.4 Å². The molecule has 0 radical (unpaired) electrons. The van der Waals surface area contributed by atoms with Gasteiger partial charge in [-0.25, -0.2) is 14.2 Å². The number of pyridine rings is 2. The van der Waals surface area contributed by atoms with E-state index in [-0.39, 0.29) is 24.0 Å². The van der Waals surface area contributed by atoms with Gasteiger partial charge in [0.25, 0.3) is 5.56 Å². The summed E-state index contributed by atoms with van der Waals surface area (Å²) in [5, 5.41) is 4.31. The van der Waals surface area contributed by atoms with Crippen LogP contribution in [0.15, 0.2) is 23.0 Å². The van der Waals surface area contributed by atoms with Crippen molar-refractivity contribution in [3.63, 3.8) is 0 Å². The molecule has 0 spiro atoms. The summed E-state index contributed by atoms with van der Waals surface area (Å²) < 4.78 is 26.5. The molecular formula is C24H24FN3O4. The van der Waals surface area contributed by atoms with Crippen LogP contribution in [-0.2, 0) is 34.0 Å².